The summed E-state index contributed by atoms with van der Waals surface area (Å²) >= 11 is 0. The van der Waals surface area contributed by atoms with Crippen molar-refractivity contribution in [3.8, 4) is 5.75 Å². The van der Waals surface area contributed by atoms with Crippen LogP contribution in [-0.2, 0) is 24.2 Å². The minimum absolute atomic E-state index is 0. The minimum Gasteiger partial charge on any atom is -0.550 e. The van der Waals surface area contributed by atoms with Gasteiger partial charge in [0.15, 0.2) is 0 Å². The summed E-state index contributed by atoms with van der Waals surface area (Å²) in [4.78, 5) is 13.2. The van der Waals surface area contributed by atoms with E-state index in [9.17, 15) is 14.3 Å². The van der Waals surface area contributed by atoms with Gasteiger partial charge in [0.05, 0.1) is 0 Å². The maximum Gasteiger partial charge on any atom is 1.00 e. The topological polar surface area (TPSA) is 52.6 Å². The molecule has 1 aliphatic carbocycles. The van der Waals surface area contributed by atoms with Gasteiger partial charge >= 0.3 is 29.6 Å². The van der Waals surface area contributed by atoms with Gasteiger partial charge in [0.2, 0.25) is 0 Å². The Labute approximate surface area is 212 Å². The van der Waals surface area contributed by atoms with E-state index < -0.39 is 11.8 Å². The number of rotatable bonds is 8. The molecule has 1 heterocycles. The Hall–Kier alpha value is -1.56. The third-order valence-electron chi connectivity index (χ3n) is 6.61. The third-order valence-corrected chi connectivity index (χ3v) is 6.61. The molecule has 4 rings (SSSR count). The summed E-state index contributed by atoms with van der Waals surface area (Å²) in [6, 6.07) is 11.1. The average Bonchev–Trinajstić information content (AvgIpc) is 2.77. The van der Waals surface area contributed by atoms with Crippen molar-refractivity contribution in [1.82, 2.24) is 0 Å². The Bertz CT molecular complexity index is 914. The molecule has 2 aromatic rings. The van der Waals surface area contributed by atoms with Crippen LogP contribution in [0.2, 0.25) is 0 Å². The summed E-state index contributed by atoms with van der Waals surface area (Å²) < 4.78 is 20.3. The first-order valence-corrected chi connectivity index (χ1v) is 11.6. The van der Waals surface area contributed by atoms with E-state index in [2.05, 4.69) is 23.1 Å². The van der Waals surface area contributed by atoms with E-state index in [0.29, 0.717) is 17.9 Å². The number of carboxylic acid groups (broad SMARTS) is 1. The molecule has 1 aliphatic heterocycles. The van der Waals surface area contributed by atoms with Gasteiger partial charge in [0.1, 0.15) is 18.2 Å². The molecule has 166 valence electrons. The third kappa shape index (κ3) is 6.49. The Morgan fingerprint density at radius 1 is 1.09 bits per heavy atom. The molecular formula is C26H31FNNaO3. The molecule has 2 aliphatic rings. The molecule has 0 aromatic heterocycles. The summed E-state index contributed by atoms with van der Waals surface area (Å²) in [5, 5.41) is 10.6. The van der Waals surface area contributed by atoms with E-state index in [0.717, 1.165) is 31.0 Å². The second-order valence-corrected chi connectivity index (χ2v) is 8.89. The van der Waals surface area contributed by atoms with E-state index >= 15 is 0 Å². The Morgan fingerprint density at radius 3 is 2.66 bits per heavy atom. The van der Waals surface area contributed by atoms with E-state index in [4.69, 9.17) is 4.74 Å². The summed E-state index contributed by atoms with van der Waals surface area (Å²) in [5.74, 6) is -0.377. The smallest absolute Gasteiger partial charge is 0.550 e. The van der Waals surface area contributed by atoms with Gasteiger partial charge in [-0.15, -0.1) is 0 Å². The summed E-state index contributed by atoms with van der Waals surface area (Å²) in [6.07, 6.45) is 8.92. The van der Waals surface area contributed by atoms with Crippen LogP contribution in [0.15, 0.2) is 36.4 Å². The molecule has 0 spiro atoms. The molecule has 6 heteroatoms. The van der Waals surface area contributed by atoms with Crippen molar-refractivity contribution in [2.24, 2.45) is 5.92 Å². The number of hydrogen-bond acceptors (Lipinski definition) is 4. The maximum absolute atomic E-state index is 14.3. The van der Waals surface area contributed by atoms with Gasteiger partial charge in [-0.1, -0.05) is 43.5 Å². The molecule has 1 saturated carbocycles. The standard InChI is InChI=1S/C26H32FNO3.Na/c27-24-16-23(13-11-20(24)12-14-25(29)30)31-18-22-9-4-8-21-10-5-15-28(26(21)22)17-19-6-2-1-3-7-19;/h4,8-9,11,13,16,19H,1-3,5-7,10,12,14-15,17-18H2,(H,29,30);/q;+1/p-1. The SMILES string of the molecule is O=C([O-])CCc1ccc(OCc2cccc3c2N(CC2CCCCC2)CCC3)cc1F.[Na+]. The minimum atomic E-state index is -1.17. The van der Waals surface area contributed by atoms with Gasteiger partial charge < -0.3 is 19.5 Å². The normalized spacial score (nSPS) is 16.2. The number of nitrogens with zero attached hydrogens (tertiary/aromatic N) is 1. The zero-order valence-electron chi connectivity index (χ0n) is 19.1. The number of halogens is 1. The van der Waals surface area contributed by atoms with Crippen LogP contribution in [0.5, 0.6) is 5.75 Å². The van der Waals surface area contributed by atoms with Crippen molar-refractivity contribution in [2.45, 2.75) is 64.4 Å². The fourth-order valence-corrected chi connectivity index (χ4v) is 5.02. The number of ether oxygens (including phenoxy) is 1. The predicted octanol–water partition coefficient (Wildman–Crippen LogP) is 1.42. The number of anilines is 1. The van der Waals surface area contributed by atoms with Gasteiger partial charge in [0, 0.05) is 36.4 Å². The molecule has 0 radical (unpaired) electrons. The summed E-state index contributed by atoms with van der Waals surface area (Å²) in [7, 11) is 0. The first kappa shape index (κ1) is 25.1. The van der Waals surface area contributed by atoms with Crippen LogP contribution in [0.25, 0.3) is 0 Å². The number of hydrogen-bond donors (Lipinski definition) is 0. The fraction of sp³-hybridized carbons (Fsp3) is 0.500. The second-order valence-electron chi connectivity index (χ2n) is 8.89. The number of benzene rings is 2. The van der Waals surface area contributed by atoms with Crippen LogP contribution in [0.3, 0.4) is 0 Å². The van der Waals surface area contributed by atoms with Gasteiger partial charge in [-0.3, -0.25) is 0 Å². The van der Waals surface area contributed by atoms with Crippen LogP contribution >= 0.6 is 0 Å². The van der Waals surface area contributed by atoms with E-state index in [-0.39, 0.29) is 42.4 Å². The zero-order valence-corrected chi connectivity index (χ0v) is 21.1. The quantitative estimate of drug-likeness (QED) is 0.575. The first-order valence-electron chi connectivity index (χ1n) is 11.6. The van der Waals surface area contributed by atoms with Crippen LogP contribution in [0.4, 0.5) is 10.1 Å². The van der Waals surface area contributed by atoms with Crippen molar-refractivity contribution in [2.75, 3.05) is 18.0 Å². The van der Waals surface area contributed by atoms with Gasteiger partial charge in [-0.05, 0) is 61.6 Å². The van der Waals surface area contributed by atoms with E-state index in [1.54, 1.807) is 12.1 Å². The largest absolute Gasteiger partial charge is 1.00 e. The molecule has 0 atom stereocenters. The number of para-hydroxylation sites is 1. The molecular weight excluding hydrogens is 416 g/mol. The molecule has 0 bridgehead atoms. The number of carboxylic acids is 1. The van der Waals surface area contributed by atoms with Crippen molar-refractivity contribution < 1.29 is 48.6 Å². The van der Waals surface area contributed by atoms with Crippen molar-refractivity contribution in [1.29, 1.82) is 0 Å². The second kappa shape index (κ2) is 12.1. The summed E-state index contributed by atoms with van der Waals surface area (Å²) in [5.41, 5.74) is 4.21. The maximum atomic E-state index is 14.3. The van der Waals surface area contributed by atoms with Crippen LogP contribution < -0.4 is 44.3 Å². The molecule has 2 aromatic carbocycles. The zero-order chi connectivity index (χ0) is 21.6. The van der Waals surface area contributed by atoms with Gasteiger partial charge in [-0.25, -0.2) is 4.39 Å². The number of carbonyl (C=O) groups excluding carboxylic acids is 1. The van der Waals surface area contributed by atoms with Gasteiger partial charge in [0.25, 0.3) is 0 Å². The molecule has 0 amide bonds. The molecule has 32 heavy (non-hydrogen) atoms. The predicted molar refractivity (Wildman–Crippen MR) is 118 cm³/mol. The number of fused-ring (bicyclic) bond motifs is 1. The van der Waals surface area contributed by atoms with Crippen molar-refractivity contribution in [3.63, 3.8) is 0 Å². The molecule has 4 nitrogen and oxygen atoms in total. The Balaban J connectivity index is 0.00000289. The number of aliphatic carboxylic acids is 1. The van der Waals surface area contributed by atoms with Crippen LogP contribution in [0.1, 0.15) is 61.6 Å². The fourth-order valence-electron chi connectivity index (χ4n) is 5.02. The first-order chi connectivity index (χ1) is 15.1. The van der Waals surface area contributed by atoms with E-state index in [1.807, 2.05) is 0 Å². The van der Waals surface area contributed by atoms with Crippen molar-refractivity contribution in [3.05, 3.63) is 58.9 Å². The molecule has 0 unspecified atom stereocenters. The molecule has 1 fully saturated rings. The van der Waals surface area contributed by atoms with E-state index in [1.165, 1.54) is 55.8 Å². The number of aryl methyl sites for hydroxylation is 2. The Kier molecular flexibility index (Phi) is 9.45. The van der Waals surface area contributed by atoms with Crippen molar-refractivity contribution >= 4 is 11.7 Å². The summed E-state index contributed by atoms with van der Waals surface area (Å²) in [6.45, 7) is 2.59. The monoisotopic (exact) mass is 447 g/mol. The average molecular weight is 448 g/mol. The molecule has 0 N–H and O–H groups in total. The van der Waals surface area contributed by atoms with Crippen LogP contribution in [-0.4, -0.2) is 19.1 Å². The number of carbonyl (C=O) groups is 1. The van der Waals surface area contributed by atoms with Gasteiger partial charge in [-0.2, -0.15) is 0 Å². The Morgan fingerprint density at radius 2 is 1.91 bits per heavy atom. The van der Waals surface area contributed by atoms with Crippen LogP contribution in [0, 0.1) is 11.7 Å². The molecule has 0 saturated heterocycles.